The van der Waals surface area contributed by atoms with Gasteiger partial charge in [0.2, 0.25) is 5.95 Å². The average molecular weight is 462 g/mol. The number of aryl methyl sites for hydroxylation is 1. The highest BCUT2D eigenvalue weighted by Gasteiger charge is 2.24. The Balaban J connectivity index is 1.75. The van der Waals surface area contributed by atoms with Gasteiger partial charge < -0.3 is 9.47 Å². The Morgan fingerprint density at radius 2 is 1.82 bits per heavy atom. The lowest BCUT2D eigenvalue weighted by Gasteiger charge is -2.32. The normalized spacial score (nSPS) is 15.3. The van der Waals surface area contributed by atoms with Crippen LogP contribution in [0.1, 0.15) is 72.3 Å². The Bertz CT molecular complexity index is 1170. The number of hydrogen-bond donors (Lipinski definition) is 0. The molecule has 1 aliphatic rings. The van der Waals surface area contributed by atoms with Gasteiger partial charge in [-0.25, -0.2) is 4.98 Å². The third-order valence-electron chi connectivity index (χ3n) is 7.86. The smallest absolute Gasteiger partial charge is 0.224 e. The number of nitrogens with zero attached hydrogens (tertiary/aromatic N) is 3. The van der Waals surface area contributed by atoms with Gasteiger partial charge in [-0.3, -0.25) is 0 Å². The Morgan fingerprint density at radius 3 is 2.44 bits per heavy atom. The van der Waals surface area contributed by atoms with Crippen molar-refractivity contribution in [3.63, 3.8) is 0 Å². The van der Waals surface area contributed by atoms with Gasteiger partial charge in [0.25, 0.3) is 0 Å². The molecule has 2 aromatic heterocycles. The van der Waals surface area contributed by atoms with Crippen LogP contribution in [-0.2, 0) is 6.42 Å². The van der Waals surface area contributed by atoms with Crippen molar-refractivity contribution < 1.29 is 4.39 Å². The zero-order valence-corrected chi connectivity index (χ0v) is 21.6. The van der Waals surface area contributed by atoms with Crippen molar-refractivity contribution in [3.8, 4) is 11.3 Å². The second-order valence-corrected chi connectivity index (χ2v) is 10.7. The van der Waals surface area contributed by atoms with Crippen molar-refractivity contribution in [2.45, 2.75) is 73.1 Å². The molecule has 0 unspecified atom stereocenters. The topological polar surface area (TPSA) is 21.1 Å². The molecule has 0 aliphatic carbocycles. The van der Waals surface area contributed by atoms with Crippen LogP contribution in [0.2, 0.25) is 0 Å². The minimum absolute atomic E-state index is 0.124. The molecule has 34 heavy (non-hydrogen) atoms. The van der Waals surface area contributed by atoms with E-state index in [1.807, 2.05) is 12.1 Å². The highest BCUT2D eigenvalue weighted by atomic mass is 19.1. The predicted molar refractivity (Wildman–Crippen MR) is 144 cm³/mol. The number of benzene rings is 1. The molecule has 4 heteroatoms. The number of allylic oxidation sites excluding steroid dienone is 1. The van der Waals surface area contributed by atoms with Crippen LogP contribution >= 0.6 is 0 Å². The standard InChI is InChI=1S/C30H40FN3/c1-7-22-14-16-33(17-15-22)28-13-12-25(29(31)32-28)27-19-24-11-10-23(8-2)18-26(24)34(27)21(4)20-30(5,6)9-3/h10-13,18-19,22H,4,7-9,14-17,20H2,1-3,5-6H3. The first-order valence-corrected chi connectivity index (χ1v) is 13.0. The molecule has 3 heterocycles. The van der Waals surface area contributed by atoms with E-state index in [0.717, 1.165) is 79.2 Å². The van der Waals surface area contributed by atoms with Crippen LogP contribution in [-0.4, -0.2) is 22.6 Å². The van der Waals surface area contributed by atoms with Crippen LogP contribution in [0.3, 0.4) is 0 Å². The fourth-order valence-electron chi connectivity index (χ4n) is 5.12. The first kappa shape index (κ1) is 24.5. The first-order valence-electron chi connectivity index (χ1n) is 13.0. The number of hydrogen-bond acceptors (Lipinski definition) is 2. The summed E-state index contributed by atoms with van der Waals surface area (Å²) in [4.78, 5) is 6.66. The third kappa shape index (κ3) is 4.92. The number of halogens is 1. The number of fused-ring (bicyclic) bond motifs is 1. The van der Waals surface area contributed by atoms with E-state index >= 15 is 4.39 Å². The Morgan fingerprint density at radius 1 is 1.09 bits per heavy atom. The Kier molecular flexibility index (Phi) is 7.16. The molecule has 3 nitrogen and oxygen atoms in total. The van der Waals surface area contributed by atoms with Crippen LogP contribution < -0.4 is 4.90 Å². The molecule has 0 atom stereocenters. The molecule has 1 fully saturated rings. The summed E-state index contributed by atoms with van der Waals surface area (Å²) >= 11 is 0. The number of rotatable bonds is 8. The van der Waals surface area contributed by atoms with Gasteiger partial charge in [0, 0.05) is 24.2 Å². The molecule has 3 aromatic rings. The predicted octanol–water partition coefficient (Wildman–Crippen LogP) is 8.33. The van der Waals surface area contributed by atoms with Crippen molar-refractivity contribution in [2.24, 2.45) is 11.3 Å². The molecule has 1 saturated heterocycles. The fraction of sp³-hybridized carbons (Fsp3) is 0.500. The van der Waals surface area contributed by atoms with Crippen molar-refractivity contribution >= 4 is 22.4 Å². The number of aromatic nitrogens is 2. The van der Waals surface area contributed by atoms with E-state index in [9.17, 15) is 0 Å². The SMILES string of the molecule is C=C(CC(C)(C)CC)n1c(-c2ccc(N3CCC(CC)CC3)nc2F)cc2ccc(CC)cc21. The number of anilines is 1. The summed E-state index contributed by atoms with van der Waals surface area (Å²) in [7, 11) is 0. The summed E-state index contributed by atoms with van der Waals surface area (Å²) < 4.78 is 17.7. The average Bonchev–Trinajstić information content (AvgIpc) is 3.22. The first-order chi connectivity index (χ1) is 16.3. The summed E-state index contributed by atoms with van der Waals surface area (Å²) in [6.45, 7) is 17.5. The van der Waals surface area contributed by atoms with Crippen molar-refractivity contribution in [1.82, 2.24) is 9.55 Å². The quantitative estimate of drug-likeness (QED) is 0.314. The molecule has 0 saturated carbocycles. The zero-order valence-electron chi connectivity index (χ0n) is 21.6. The lowest BCUT2D eigenvalue weighted by Crippen LogP contribution is -2.34. The summed E-state index contributed by atoms with van der Waals surface area (Å²) in [6, 6.07) is 12.5. The lowest BCUT2D eigenvalue weighted by atomic mass is 9.85. The molecule has 0 spiro atoms. The second kappa shape index (κ2) is 9.93. The minimum Gasteiger partial charge on any atom is -0.357 e. The largest absolute Gasteiger partial charge is 0.357 e. The summed E-state index contributed by atoms with van der Waals surface area (Å²) in [6.07, 6.45) is 6.39. The van der Waals surface area contributed by atoms with Crippen molar-refractivity contribution in [2.75, 3.05) is 18.0 Å². The van der Waals surface area contributed by atoms with Crippen LogP contribution in [0, 0.1) is 17.3 Å². The maximum absolute atomic E-state index is 15.6. The van der Waals surface area contributed by atoms with Gasteiger partial charge in [0.05, 0.1) is 16.8 Å². The van der Waals surface area contributed by atoms with Gasteiger partial charge >= 0.3 is 0 Å². The van der Waals surface area contributed by atoms with Gasteiger partial charge in [-0.2, -0.15) is 4.39 Å². The number of piperidine rings is 1. The molecule has 0 radical (unpaired) electrons. The van der Waals surface area contributed by atoms with Crippen LogP contribution in [0.25, 0.3) is 27.9 Å². The molecular formula is C30H40FN3. The van der Waals surface area contributed by atoms with Gasteiger partial charge in [-0.05, 0) is 66.8 Å². The minimum atomic E-state index is -0.405. The van der Waals surface area contributed by atoms with Crippen LogP contribution in [0.4, 0.5) is 10.2 Å². The van der Waals surface area contributed by atoms with E-state index in [2.05, 4.69) is 79.9 Å². The Labute approximate surface area is 204 Å². The van der Waals surface area contributed by atoms with Gasteiger partial charge in [0.1, 0.15) is 5.82 Å². The van der Waals surface area contributed by atoms with E-state index in [0.29, 0.717) is 5.56 Å². The lowest BCUT2D eigenvalue weighted by molar-refractivity contribution is 0.358. The van der Waals surface area contributed by atoms with Gasteiger partial charge in [0.15, 0.2) is 0 Å². The van der Waals surface area contributed by atoms with Crippen LogP contribution in [0.5, 0.6) is 0 Å². The second-order valence-electron chi connectivity index (χ2n) is 10.7. The molecular weight excluding hydrogens is 421 g/mol. The number of pyridine rings is 1. The van der Waals surface area contributed by atoms with E-state index in [1.54, 1.807) is 0 Å². The molecule has 0 N–H and O–H groups in total. The van der Waals surface area contributed by atoms with Crippen molar-refractivity contribution in [1.29, 1.82) is 0 Å². The Hall–Kier alpha value is -2.62. The highest BCUT2D eigenvalue weighted by molar-refractivity contribution is 5.91. The zero-order chi connectivity index (χ0) is 24.5. The van der Waals surface area contributed by atoms with Crippen molar-refractivity contribution in [3.05, 3.63) is 54.5 Å². The summed E-state index contributed by atoms with van der Waals surface area (Å²) in [5, 5.41) is 1.10. The molecule has 1 aromatic carbocycles. The third-order valence-corrected chi connectivity index (χ3v) is 7.86. The maximum Gasteiger partial charge on any atom is 0.224 e. The van der Waals surface area contributed by atoms with E-state index in [1.165, 1.54) is 12.0 Å². The summed E-state index contributed by atoms with van der Waals surface area (Å²) in [5.74, 6) is 1.12. The van der Waals surface area contributed by atoms with E-state index in [4.69, 9.17) is 0 Å². The molecule has 0 amide bonds. The summed E-state index contributed by atoms with van der Waals surface area (Å²) in [5.41, 5.74) is 4.86. The van der Waals surface area contributed by atoms with Gasteiger partial charge in [-0.1, -0.05) is 66.2 Å². The molecule has 1 aliphatic heterocycles. The van der Waals surface area contributed by atoms with Crippen LogP contribution in [0.15, 0.2) is 43.0 Å². The molecule has 4 rings (SSSR count). The van der Waals surface area contributed by atoms with E-state index in [-0.39, 0.29) is 5.41 Å². The maximum atomic E-state index is 15.6. The highest BCUT2D eigenvalue weighted by Crippen LogP contribution is 2.38. The molecule has 182 valence electrons. The van der Waals surface area contributed by atoms with Gasteiger partial charge in [-0.15, -0.1) is 0 Å². The fourth-order valence-corrected chi connectivity index (χ4v) is 5.12. The van der Waals surface area contributed by atoms with E-state index < -0.39 is 5.95 Å². The molecule has 0 bridgehead atoms. The monoisotopic (exact) mass is 461 g/mol.